The van der Waals surface area contributed by atoms with Crippen LogP contribution in [0.5, 0.6) is 11.5 Å². The second-order valence-corrected chi connectivity index (χ2v) is 5.99. The number of imidazole rings is 1. The second-order valence-electron chi connectivity index (χ2n) is 5.99. The van der Waals surface area contributed by atoms with E-state index in [1.54, 1.807) is 12.1 Å². The topological polar surface area (TPSA) is 63.8 Å². The van der Waals surface area contributed by atoms with E-state index >= 15 is 0 Å². The molecule has 0 fully saturated rings. The Labute approximate surface area is 146 Å². The Kier molecular flexibility index (Phi) is 5.03. The summed E-state index contributed by atoms with van der Waals surface area (Å²) in [6.45, 7) is 4.33. The van der Waals surface area contributed by atoms with Crippen LogP contribution in [-0.2, 0) is 6.42 Å². The first-order valence-corrected chi connectivity index (χ1v) is 8.51. The fourth-order valence-corrected chi connectivity index (χ4v) is 3.04. The second kappa shape index (κ2) is 7.38. The highest BCUT2D eigenvalue weighted by molar-refractivity contribution is 5.96. The lowest BCUT2D eigenvalue weighted by Crippen LogP contribution is -2.06. The first-order chi connectivity index (χ1) is 12.1. The molecule has 130 valence electrons. The molecule has 0 aliphatic rings. The number of phenols is 1. The zero-order valence-corrected chi connectivity index (χ0v) is 14.5. The number of rotatable bonds is 7. The molecule has 5 heteroatoms. The molecule has 0 saturated carbocycles. The van der Waals surface area contributed by atoms with Gasteiger partial charge in [0.1, 0.15) is 11.4 Å². The number of ether oxygens (including phenoxy) is 1. The number of Topliss-reactive ketones (excluding diaryl/α,β-unsaturated/α-hetero) is 1. The number of aromatic hydroxyl groups is 1. The van der Waals surface area contributed by atoms with Gasteiger partial charge in [0.15, 0.2) is 17.2 Å². The Morgan fingerprint density at radius 3 is 2.88 bits per heavy atom. The maximum atomic E-state index is 12.7. The third kappa shape index (κ3) is 3.65. The largest absolute Gasteiger partial charge is 0.508 e. The minimum atomic E-state index is 0.0683. The number of fused-ring (bicyclic) bond motifs is 1. The molecule has 0 amide bonds. The number of ketones is 1. The van der Waals surface area contributed by atoms with Crippen molar-refractivity contribution in [2.75, 3.05) is 6.61 Å². The Hall–Kier alpha value is -2.82. The molecule has 1 N–H and O–H groups in total. The first kappa shape index (κ1) is 17.0. The van der Waals surface area contributed by atoms with Crippen molar-refractivity contribution in [1.29, 1.82) is 0 Å². The lowest BCUT2D eigenvalue weighted by atomic mass is 10.0. The maximum Gasteiger partial charge on any atom is 0.181 e. The molecule has 3 rings (SSSR count). The number of aryl methyl sites for hydroxylation is 2. The predicted octanol–water partition coefficient (Wildman–Crippen LogP) is 3.95. The highest BCUT2D eigenvalue weighted by Crippen LogP contribution is 2.23. The van der Waals surface area contributed by atoms with Crippen LogP contribution in [0.25, 0.3) is 5.65 Å². The van der Waals surface area contributed by atoms with E-state index in [9.17, 15) is 9.90 Å². The van der Waals surface area contributed by atoms with Crippen molar-refractivity contribution < 1.29 is 14.6 Å². The molecule has 0 atom stereocenters. The molecule has 0 saturated heterocycles. The average Bonchev–Trinajstić information content (AvgIpc) is 2.92. The van der Waals surface area contributed by atoms with Crippen LogP contribution in [0.4, 0.5) is 0 Å². The SMILES string of the molecule is CCOc1cccn2c(C(=O)CCCc3cccc(O)c3)c(C)nc12. The number of hydrogen-bond donors (Lipinski definition) is 1. The fourth-order valence-electron chi connectivity index (χ4n) is 3.04. The van der Waals surface area contributed by atoms with E-state index in [-0.39, 0.29) is 11.5 Å². The molecule has 5 nitrogen and oxygen atoms in total. The summed E-state index contributed by atoms with van der Waals surface area (Å²) in [4.78, 5) is 17.2. The van der Waals surface area contributed by atoms with E-state index in [1.165, 1.54) is 0 Å². The summed E-state index contributed by atoms with van der Waals surface area (Å²) < 4.78 is 7.42. The van der Waals surface area contributed by atoms with E-state index < -0.39 is 0 Å². The normalized spacial score (nSPS) is 11.0. The van der Waals surface area contributed by atoms with Crippen molar-refractivity contribution in [3.8, 4) is 11.5 Å². The summed E-state index contributed by atoms with van der Waals surface area (Å²) >= 11 is 0. The van der Waals surface area contributed by atoms with Gasteiger partial charge in [-0.25, -0.2) is 4.98 Å². The van der Waals surface area contributed by atoms with E-state index in [4.69, 9.17) is 4.74 Å². The van der Waals surface area contributed by atoms with E-state index in [2.05, 4.69) is 4.98 Å². The zero-order chi connectivity index (χ0) is 17.8. The fraction of sp³-hybridized carbons (Fsp3) is 0.300. The summed E-state index contributed by atoms with van der Waals surface area (Å²) in [5.74, 6) is 1.01. The van der Waals surface area contributed by atoms with Gasteiger partial charge in [0.2, 0.25) is 0 Å². The van der Waals surface area contributed by atoms with Crippen LogP contribution in [0.15, 0.2) is 42.6 Å². The van der Waals surface area contributed by atoms with Gasteiger partial charge in [0.05, 0.1) is 12.3 Å². The van der Waals surface area contributed by atoms with Crippen LogP contribution in [-0.4, -0.2) is 26.9 Å². The van der Waals surface area contributed by atoms with Gasteiger partial charge in [-0.3, -0.25) is 9.20 Å². The number of phenolic OH excluding ortho intramolecular Hbond substituents is 1. The molecule has 2 heterocycles. The standard InChI is InChI=1S/C20H22N2O3/c1-3-25-18-11-6-12-22-19(14(2)21-20(18)22)17(24)10-5-8-15-7-4-9-16(23)13-15/h4,6-7,9,11-13,23H,3,5,8,10H2,1-2H3. The molecule has 2 aromatic heterocycles. The Bertz CT molecular complexity index is 899. The Morgan fingerprint density at radius 2 is 2.12 bits per heavy atom. The number of nitrogens with zero attached hydrogens (tertiary/aromatic N) is 2. The summed E-state index contributed by atoms with van der Waals surface area (Å²) in [6.07, 6.45) is 3.75. The highest BCUT2D eigenvalue weighted by atomic mass is 16.5. The predicted molar refractivity (Wildman–Crippen MR) is 96.5 cm³/mol. The molecule has 0 spiro atoms. The van der Waals surface area contributed by atoms with Gasteiger partial charge in [0.25, 0.3) is 0 Å². The van der Waals surface area contributed by atoms with Gasteiger partial charge in [-0.1, -0.05) is 12.1 Å². The molecular formula is C20H22N2O3. The van der Waals surface area contributed by atoms with Gasteiger partial charge in [0, 0.05) is 12.6 Å². The van der Waals surface area contributed by atoms with Crippen LogP contribution in [0.1, 0.15) is 41.5 Å². The van der Waals surface area contributed by atoms with Crippen molar-refractivity contribution in [3.63, 3.8) is 0 Å². The molecule has 0 bridgehead atoms. The number of aromatic nitrogens is 2. The van der Waals surface area contributed by atoms with Crippen LogP contribution < -0.4 is 4.74 Å². The Morgan fingerprint density at radius 1 is 1.28 bits per heavy atom. The van der Waals surface area contributed by atoms with E-state index in [1.807, 2.05) is 48.7 Å². The van der Waals surface area contributed by atoms with Gasteiger partial charge >= 0.3 is 0 Å². The van der Waals surface area contributed by atoms with Crippen molar-refractivity contribution in [3.05, 3.63) is 59.5 Å². The molecule has 3 aromatic rings. The van der Waals surface area contributed by atoms with Crippen LogP contribution in [0, 0.1) is 6.92 Å². The molecule has 0 unspecified atom stereocenters. The maximum absolute atomic E-state index is 12.7. The van der Waals surface area contributed by atoms with Crippen molar-refractivity contribution in [1.82, 2.24) is 9.38 Å². The van der Waals surface area contributed by atoms with Crippen molar-refractivity contribution in [2.24, 2.45) is 0 Å². The molecule has 0 aliphatic heterocycles. The van der Waals surface area contributed by atoms with Gasteiger partial charge < -0.3 is 9.84 Å². The third-order valence-corrected chi connectivity index (χ3v) is 4.13. The van der Waals surface area contributed by atoms with Crippen LogP contribution in [0.2, 0.25) is 0 Å². The number of carbonyl (C=O) groups excluding carboxylic acids is 1. The molecule has 25 heavy (non-hydrogen) atoms. The van der Waals surface area contributed by atoms with E-state index in [0.29, 0.717) is 30.1 Å². The first-order valence-electron chi connectivity index (χ1n) is 8.51. The molecular weight excluding hydrogens is 316 g/mol. The lowest BCUT2D eigenvalue weighted by Gasteiger charge is -2.06. The summed E-state index contributed by atoms with van der Waals surface area (Å²) in [5.41, 5.74) is 3.04. The van der Waals surface area contributed by atoms with Crippen molar-refractivity contribution in [2.45, 2.75) is 33.1 Å². The van der Waals surface area contributed by atoms with Gasteiger partial charge in [-0.2, -0.15) is 0 Å². The lowest BCUT2D eigenvalue weighted by molar-refractivity contribution is 0.0974. The number of pyridine rings is 1. The zero-order valence-electron chi connectivity index (χ0n) is 14.5. The summed E-state index contributed by atoms with van der Waals surface area (Å²) in [7, 11) is 0. The summed E-state index contributed by atoms with van der Waals surface area (Å²) in [6, 6.07) is 10.9. The van der Waals surface area contributed by atoms with Gasteiger partial charge in [-0.05, 0) is 56.5 Å². The smallest absolute Gasteiger partial charge is 0.181 e. The number of hydrogen-bond acceptors (Lipinski definition) is 4. The third-order valence-electron chi connectivity index (χ3n) is 4.13. The monoisotopic (exact) mass is 338 g/mol. The van der Waals surface area contributed by atoms with Crippen molar-refractivity contribution >= 4 is 11.4 Å². The molecule has 0 radical (unpaired) electrons. The van der Waals surface area contributed by atoms with Crippen LogP contribution in [0.3, 0.4) is 0 Å². The Balaban J connectivity index is 1.76. The molecule has 1 aromatic carbocycles. The minimum absolute atomic E-state index is 0.0683. The van der Waals surface area contributed by atoms with E-state index in [0.717, 1.165) is 24.1 Å². The average molecular weight is 338 g/mol. The summed E-state index contributed by atoms with van der Waals surface area (Å²) in [5, 5.41) is 9.51. The number of benzene rings is 1. The van der Waals surface area contributed by atoms with Gasteiger partial charge in [-0.15, -0.1) is 0 Å². The van der Waals surface area contributed by atoms with Crippen LogP contribution >= 0.6 is 0 Å². The highest BCUT2D eigenvalue weighted by Gasteiger charge is 2.18. The minimum Gasteiger partial charge on any atom is -0.508 e. The molecule has 0 aliphatic carbocycles. The quantitative estimate of drug-likeness (QED) is 0.663. The number of carbonyl (C=O) groups is 1.